The zero-order valence-electron chi connectivity index (χ0n) is 8.29. The van der Waals surface area contributed by atoms with E-state index in [0.717, 1.165) is 3.79 Å². The lowest BCUT2D eigenvalue weighted by Gasteiger charge is -1.99. The molecular formula is C10H11BrO3S. The quantitative estimate of drug-likeness (QED) is 0.618. The van der Waals surface area contributed by atoms with Gasteiger partial charge in [-0.1, -0.05) is 0 Å². The second kappa shape index (κ2) is 6.02. The first-order valence-corrected chi connectivity index (χ1v) is 6.18. The highest BCUT2D eigenvalue weighted by Crippen LogP contribution is 2.23. The third kappa shape index (κ3) is 4.13. The van der Waals surface area contributed by atoms with Crippen LogP contribution in [0, 0.1) is 0 Å². The molecule has 15 heavy (non-hydrogen) atoms. The zero-order chi connectivity index (χ0) is 11.3. The number of hydrogen-bond acceptors (Lipinski definition) is 4. The number of carbonyl (C=O) groups excluding carboxylic acids is 2. The molecule has 0 fully saturated rings. The van der Waals surface area contributed by atoms with Gasteiger partial charge in [0.1, 0.15) is 0 Å². The summed E-state index contributed by atoms with van der Waals surface area (Å²) in [7, 11) is 0. The molecule has 1 rings (SSSR count). The van der Waals surface area contributed by atoms with E-state index in [4.69, 9.17) is 4.74 Å². The third-order valence-corrected chi connectivity index (χ3v) is 3.37. The first kappa shape index (κ1) is 12.4. The molecule has 0 spiro atoms. The second-order valence-electron chi connectivity index (χ2n) is 2.83. The number of esters is 1. The van der Waals surface area contributed by atoms with Crippen molar-refractivity contribution < 1.29 is 14.3 Å². The predicted octanol–water partition coefficient (Wildman–Crippen LogP) is 3.04. The fraction of sp³-hybridized carbons (Fsp3) is 0.400. The molecule has 0 aliphatic rings. The summed E-state index contributed by atoms with van der Waals surface area (Å²) in [5.41, 5.74) is 0. The number of Topliss-reactive ketones (excluding diaryl/α,β-unsaturated/α-hetero) is 1. The SMILES string of the molecule is CCOC(=O)CCC(=O)c1ccc(Br)s1. The number of carbonyl (C=O) groups is 2. The van der Waals surface area contributed by atoms with E-state index in [1.54, 1.807) is 13.0 Å². The van der Waals surface area contributed by atoms with E-state index < -0.39 is 0 Å². The van der Waals surface area contributed by atoms with Crippen LogP contribution in [0.3, 0.4) is 0 Å². The lowest BCUT2D eigenvalue weighted by atomic mass is 10.2. The number of halogens is 1. The van der Waals surface area contributed by atoms with E-state index in [9.17, 15) is 9.59 Å². The Morgan fingerprint density at radius 1 is 1.40 bits per heavy atom. The van der Waals surface area contributed by atoms with Crippen molar-refractivity contribution in [1.82, 2.24) is 0 Å². The lowest BCUT2D eigenvalue weighted by Crippen LogP contribution is -2.07. The van der Waals surface area contributed by atoms with Gasteiger partial charge in [0.2, 0.25) is 0 Å². The molecule has 0 saturated heterocycles. The Kier molecular flexibility index (Phi) is 4.98. The molecule has 0 unspecified atom stereocenters. The smallest absolute Gasteiger partial charge is 0.306 e. The van der Waals surface area contributed by atoms with Gasteiger partial charge >= 0.3 is 5.97 Å². The van der Waals surface area contributed by atoms with Crippen molar-refractivity contribution in [3.8, 4) is 0 Å². The zero-order valence-corrected chi connectivity index (χ0v) is 10.7. The van der Waals surface area contributed by atoms with Crippen LogP contribution < -0.4 is 0 Å². The molecule has 5 heteroatoms. The van der Waals surface area contributed by atoms with Gasteiger partial charge in [0.05, 0.1) is 21.7 Å². The minimum absolute atomic E-state index is 0.0150. The maximum absolute atomic E-state index is 11.5. The molecule has 0 aliphatic heterocycles. The summed E-state index contributed by atoms with van der Waals surface area (Å²) in [4.78, 5) is 23.2. The molecule has 0 N–H and O–H groups in total. The molecule has 0 bridgehead atoms. The van der Waals surface area contributed by atoms with E-state index in [-0.39, 0.29) is 24.6 Å². The summed E-state index contributed by atoms with van der Waals surface area (Å²) < 4.78 is 5.65. The second-order valence-corrected chi connectivity index (χ2v) is 5.29. The van der Waals surface area contributed by atoms with Gasteiger partial charge < -0.3 is 4.74 Å². The maximum atomic E-state index is 11.5. The van der Waals surface area contributed by atoms with Crippen molar-refractivity contribution in [2.45, 2.75) is 19.8 Å². The van der Waals surface area contributed by atoms with E-state index in [0.29, 0.717) is 11.5 Å². The van der Waals surface area contributed by atoms with E-state index in [2.05, 4.69) is 15.9 Å². The van der Waals surface area contributed by atoms with Crippen molar-refractivity contribution in [2.75, 3.05) is 6.61 Å². The maximum Gasteiger partial charge on any atom is 0.306 e. The highest BCUT2D eigenvalue weighted by molar-refractivity contribution is 9.11. The number of ether oxygens (including phenoxy) is 1. The minimum atomic E-state index is -0.318. The Bertz CT molecular complexity index is 359. The summed E-state index contributed by atoms with van der Waals surface area (Å²) in [5, 5.41) is 0. The Hall–Kier alpha value is -0.680. The van der Waals surface area contributed by atoms with Crippen LogP contribution in [0.2, 0.25) is 0 Å². The average Bonchev–Trinajstić information content (AvgIpc) is 2.62. The average molecular weight is 291 g/mol. The molecule has 1 heterocycles. The normalized spacial score (nSPS) is 10.0. The van der Waals surface area contributed by atoms with Crippen LogP contribution in [0.4, 0.5) is 0 Å². The van der Waals surface area contributed by atoms with Crippen LogP contribution in [0.5, 0.6) is 0 Å². The number of hydrogen-bond donors (Lipinski definition) is 0. The van der Waals surface area contributed by atoms with Crippen molar-refractivity contribution in [3.63, 3.8) is 0 Å². The van der Waals surface area contributed by atoms with Crippen molar-refractivity contribution in [3.05, 3.63) is 20.8 Å². The standard InChI is InChI=1S/C10H11BrO3S/c1-2-14-10(13)6-3-7(12)8-4-5-9(11)15-8/h4-5H,2-3,6H2,1H3. The molecule has 0 radical (unpaired) electrons. The van der Waals surface area contributed by atoms with Gasteiger partial charge in [-0.15, -0.1) is 11.3 Å². The van der Waals surface area contributed by atoms with Gasteiger partial charge in [-0.05, 0) is 35.0 Å². The molecule has 0 saturated carbocycles. The van der Waals surface area contributed by atoms with E-state index in [1.807, 2.05) is 6.07 Å². The molecule has 0 aromatic carbocycles. The molecule has 0 aliphatic carbocycles. The Morgan fingerprint density at radius 2 is 2.13 bits per heavy atom. The highest BCUT2D eigenvalue weighted by atomic mass is 79.9. The van der Waals surface area contributed by atoms with Gasteiger partial charge in [0.25, 0.3) is 0 Å². The molecule has 1 aromatic heterocycles. The Morgan fingerprint density at radius 3 is 2.67 bits per heavy atom. The Labute approximate surface area is 101 Å². The fourth-order valence-corrected chi connectivity index (χ4v) is 2.39. The van der Waals surface area contributed by atoms with Crippen LogP contribution in [-0.4, -0.2) is 18.4 Å². The number of ketones is 1. The van der Waals surface area contributed by atoms with Crippen molar-refractivity contribution in [2.24, 2.45) is 0 Å². The lowest BCUT2D eigenvalue weighted by molar-refractivity contribution is -0.143. The van der Waals surface area contributed by atoms with Gasteiger partial charge in [-0.2, -0.15) is 0 Å². The number of thiophene rings is 1. The largest absolute Gasteiger partial charge is 0.466 e. The van der Waals surface area contributed by atoms with Crippen LogP contribution >= 0.6 is 27.3 Å². The van der Waals surface area contributed by atoms with Crippen LogP contribution in [-0.2, 0) is 9.53 Å². The van der Waals surface area contributed by atoms with Gasteiger partial charge in [0, 0.05) is 6.42 Å². The summed E-state index contributed by atoms with van der Waals surface area (Å²) >= 11 is 4.66. The summed E-state index contributed by atoms with van der Waals surface area (Å²) in [5.74, 6) is -0.333. The van der Waals surface area contributed by atoms with Crippen LogP contribution in [0.15, 0.2) is 15.9 Å². The van der Waals surface area contributed by atoms with Crippen LogP contribution in [0.1, 0.15) is 29.4 Å². The molecular weight excluding hydrogens is 280 g/mol. The van der Waals surface area contributed by atoms with E-state index in [1.165, 1.54) is 11.3 Å². The molecule has 0 atom stereocenters. The molecule has 3 nitrogen and oxygen atoms in total. The predicted molar refractivity (Wildman–Crippen MR) is 62.2 cm³/mol. The Balaban J connectivity index is 2.40. The van der Waals surface area contributed by atoms with Gasteiger partial charge in [-0.25, -0.2) is 0 Å². The van der Waals surface area contributed by atoms with Gasteiger partial charge in [0.15, 0.2) is 5.78 Å². The first-order chi connectivity index (χ1) is 7.13. The fourth-order valence-electron chi connectivity index (χ4n) is 1.04. The first-order valence-electron chi connectivity index (χ1n) is 4.57. The third-order valence-electron chi connectivity index (χ3n) is 1.71. The minimum Gasteiger partial charge on any atom is -0.466 e. The monoisotopic (exact) mass is 290 g/mol. The summed E-state index contributed by atoms with van der Waals surface area (Å²) in [6.07, 6.45) is 0.369. The topological polar surface area (TPSA) is 43.4 Å². The highest BCUT2D eigenvalue weighted by Gasteiger charge is 2.11. The van der Waals surface area contributed by atoms with Crippen molar-refractivity contribution in [1.29, 1.82) is 0 Å². The van der Waals surface area contributed by atoms with E-state index >= 15 is 0 Å². The van der Waals surface area contributed by atoms with Crippen LogP contribution in [0.25, 0.3) is 0 Å². The molecule has 82 valence electrons. The molecule has 1 aromatic rings. The van der Waals surface area contributed by atoms with Gasteiger partial charge in [-0.3, -0.25) is 9.59 Å². The molecule has 0 amide bonds. The summed E-state index contributed by atoms with van der Waals surface area (Å²) in [6, 6.07) is 3.57. The summed E-state index contributed by atoms with van der Waals surface area (Å²) in [6.45, 7) is 2.10. The van der Waals surface area contributed by atoms with Crippen molar-refractivity contribution >= 4 is 39.0 Å². The number of rotatable bonds is 5.